The van der Waals surface area contributed by atoms with Crippen molar-refractivity contribution in [1.29, 1.82) is 0 Å². The Morgan fingerprint density at radius 2 is 1.88 bits per heavy atom. The lowest BCUT2D eigenvalue weighted by Crippen LogP contribution is -2.00. The third kappa shape index (κ3) is 2.50. The first-order valence-corrected chi connectivity index (χ1v) is 8.17. The highest BCUT2D eigenvalue weighted by molar-refractivity contribution is 7.16. The summed E-state index contributed by atoms with van der Waals surface area (Å²) in [5, 5.41) is 10.5. The van der Waals surface area contributed by atoms with Crippen LogP contribution in [-0.2, 0) is 11.2 Å². The van der Waals surface area contributed by atoms with Crippen molar-refractivity contribution < 1.29 is 18.7 Å². The minimum atomic E-state index is -0.964. The van der Waals surface area contributed by atoms with E-state index in [1.54, 1.807) is 36.4 Å². The second-order valence-electron chi connectivity index (χ2n) is 5.24. The number of carbonyl (C=O) groups is 1. The van der Waals surface area contributed by atoms with Gasteiger partial charge in [0.1, 0.15) is 11.3 Å². The summed E-state index contributed by atoms with van der Waals surface area (Å²) in [6.45, 7) is 0. The molecule has 0 aliphatic heterocycles. The zero-order chi connectivity index (χ0) is 16.8. The van der Waals surface area contributed by atoms with Crippen LogP contribution >= 0.6 is 22.9 Å². The first-order valence-electron chi connectivity index (χ1n) is 6.98. The SMILES string of the molecule is O=C(O)Cc1c(-c2ccc(Cl)cc2)oc2cc3oc(=O)sc3cc12. The van der Waals surface area contributed by atoms with E-state index in [1.165, 1.54) is 0 Å². The molecule has 2 aromatic carbocycles. The number of benzene rings is 2. The zero-order valence-electron chi connectivity index (χ0n) is 12.0. The number of aliphatic carboxylic acids is 1. The van der Waals surface area contributed by atoms with E-state index >= 15 is 0 Å². The Morgan fingerprint density at radius 1 is 1.12 bits per heavy atom. The molecule has 0 aliphatic rings. The van der Waals surface area contributed by atoms with E-state index in [0.717, 1.165) is 16.9 Å². The maximum atomic E-state index is 11.4. The molecule has 0 radical (unpaired) electrons. The molecule has 0 saturated carbocycles. The van der Waals surface area contributed by atoms with Crippen LogP contribution in [0.2, 0.25) is 5.02 Å². The van der Waals surface area contributed by atoms with Gasteiger partial charge in [-0.05, 0) is 30.3 Å². The largest absolute Gasteiger partial charge is 0.481 e. The molecule has 0 atom stereocenters. The molecule has 0 unspecified atom stereocenters. The molecule has 0 spiro atoms. The van der Waals surface area contributed by atoms with Gasteiger partial charge in [-0.3, -0.25) is 4.79 Å². The Labute approximate surface area is 143 Å². The fourth-order valence-electron chi connectivity index (χ4n) is 2.68. The van der Waals surface area contributed by atoms with E-state index < -0.39 is 10.9 Å². The molecule has 4 aromatic rings. The second kappa shape index (κ2) is 5.51. The minimum Gasteiger partial charge on any atom is -0.481 e. The monoisotopic (exact) mass is 360 g/mol. The second-order valence-corrected chi connectivity index (χ2v) is 6.65. The van der Waals surface area contributed by atoms with Crippen LogP contribution in [0, 0.1) is 0 Å². The standard InChI is InChI=1S/C17H9ClO5S/c18-9-3-1-8(2-4-9)16-11(6-15(19)20)10-5-14-13(7-12(10)22-16)23-17(21)24-14/h1-5,7H,6H2,(H,19,20). The molecule has 0 fully saturated rings. The predicted octanol–water partition coefficient (Wildman–Crippen LogP) is 4.55. The first kappa shape index (κ1) is 15.0. The third-order valence-corrected chi connectivity index (χ3v) is 4.72. The van der Waals surface area contributed by atoms with E-state index in [4.69, 9.17) is 20.4 Å². The van der Waals surface area contributed by atoms with E-state index in [9.17, 15) is 14.7 Å². The number of hydrogen-bond donors (Lipinski definition) is 1. The van der Waals surface area contributed by atoms with E-state index in [2.05, 4.69) is 0 Å². The summed E-state index contributed by atoms with van der Waals surface area (Å²) in [6, 6.07) is 10.3. The van der Waals surface area contributed by atoms with Crippen molar-refractivity contribution in [2.24, 2.45) is 0 Å². The topological polar surface area (TPSA) is 80.7 Å². The van der Waals surface area contributed by atoms with Gasteiger partial charge in [-0.15, -0.1) is 0 Å². The summed E-state index contributed by atoms with van der Waals surface area (Å²) in [5.41, 5.74) is 2.19. The molecule has 24 heavy (non-hydrogen) atoms. The predicted molar refractivity (Wildman–Crippen MR) is 91.9 cm³/mol. The number of rotatable bonds is 3. The third-order valence-electron chi connectivity index (χ3n) is 3.68. The molecule has 0 bridgehead atoms. The molecule has 1 N–H and O–H groups in total. The van der Waals surface area contributed by atoms with Gasteiger partial charge in [-0.2, -0.15) is 0 Å². The fourth-order valence-corrected chi connectivity index (χ4v) is 3.49. The Hall–Kier alpha value is -2.57. The average Bonchev–Trinajstić information content (AvgIpc) is 3.05. The zero-order valence-corrected chi connectivity index (χ0v) is 13.6. The van der Waals surface area contributed by atoms with Gasteiger partial charge in [0, 0.05) is 27.6 Å². The van der Waals surface area contributed by atoms with Crippen molar-refractivity contribution in [2.45, 2.75) is 6.42 Å². The highest BCUT2D eigenvalue weighted by atomic mass is 35.5. The summed E-state index contributed by atoms with van der Waals surface area (Å²) >= 11 is 6.88. The van der Waals surface area contributed by atoms with Crippen LogP contribution in [0.5, 0.6) is 0 Å². The molecular weight excluding hydrogens is 352 g/mol. The lowest BCUT2D eigenvalue weighted by molar-refractivity contribution is -0.136. The van der Waals surface area contributed by atoms with E-state index in [-0.39, 0.29) is 6.42 Å². The van der Waals surface area contributed by atoms with Crippen LogP contribution in [0.1, 0.15) is 5.56 Å². The Balaban J connectivity index is 2.02. The fraction of sp³-hybridized carbons (Fsp3) is 0.0588. The van der Waals surface area contributed by atoms with Crippen molar-refractivity contribution in [1.82, 2.24) is 0 Å². The number of carboxylic acid groups (broad SMARTS) is 1. The van der Waals surface area contributed by atoms with E-state index in [0.29, 0.717) is 37.6 Å². The molecule has 0 aliphatic carbocycles. The van der Waals surface area contributed by atoms with Crippen LogP contribution in [0.25, 0.3) is 32.6 Å². The highest BCUT2D eigenvalue weighted by Crippen LogP contribution is 2.37. The molecular formula is C17H9ClO5S. The number of halogens is 1. The molecule has 4 rings (SSSR count). The molecule has 0 saturated heterocycles. The van der Waals surface area contributed by atoms with Gasteiger partial charge >= 0.3 is 10.9 Å². The maximum absolute atomic E-state index is 11.4. The van der Waals surface area contributed by atoms with Gasteiger partial charge in [0.15, 0.2) is 5.58 Å². The smallest absolute Gasteiger partial charge is 0.396 e. The summed E-state index contributed by atoms with van der Waals surface area (Å²) in [6.07, 6.45) is -0.191. The lowest BCUT2D eigenvalue weighted by atomic mass is 10.0. The molecule has 7 heteroatoms. The number of carboxylic acids is 1. The molecule has 120 valence electrons. The normalized spacial score (nSPS) is 11.4. The molecule has 2 aromatic heterocycles. The Kier molecular flexibility index (Phi) is 3.44. The van der Waals surface area contributed by atoms with Crippen LogP contribution in [-0.4, -0.2) is 11.1 Å². The van der Waals surface area contributed by atoms with Gasteiger partial charge in [0.25, 0.3) is 0 Å². The van der Waals surface area contributed by atoms with Gasteiger partial charge in [-0.25, -0.2) is 4.79 Å². The highest BCUT2D eigenvalue weighted by Gasteiger charge is 2.20. The van der Waals surface area contributed by atoms with Gasteiger partial charge in [0.05, 0.1) is 11.1 Å². The number of fused-ring (bicyclic) bond motifs is 2. The Bertz CT molecular complexity index is 1130. The molecule has 2 heterocycles. The van der Waals surface area contributed by atoms with Crippen molar-refractivity contribution in [3.63, 3.8) is 0 Å². The van der Waals surface area contributed by atoms with Gasteiger partial charge < -0.3 is 13.9 Å². The van der Waals surface area contributed by atoms with Crippen molar-refractivity contribution in [3.8, 4) is 11.3 Å². The lowest BCUT2D eigenvalue weighted by Gasteiger charge is -2.01. The summed E-state index contributed by atoms with van der Waals surface area (Å²) < 4.78 is 11.6. The maximum Gasteiger partial charge on any atom is 0.396 e. The van der Waals surface area contributed by atoms with E-state index in [1.807, 2.05) is 0 Å². The van der Waals surface area contributed by atoms with Crippen LogP contribution in [0.4, 0.5) is 0 Å². The summed E-state index contributed by atoms with van der Waals surface area (Å²) in [7, 11) is 0. The molecule has 5 nitrogen and oxygen atoms in total. The first-order chi connectivity index (χ1) is 11.5. The van der Waals surface area contributed by atoms with Gasteiger partial charge in [0.2, 0.25) is 0 Å². The molecule has 0 amide bonds. The van der Waals surface area contributed by atoms with Crippen LogP contribution in [0.15, 0.2) is 50.0 Å². The van der Waals surface area contributed by atoms with Crippen LogP contribution in [0.3, 0.4) is 0 Å². The van der Waals surface area contributed by atoms with Crippen LogP contribution < -0.4 is 4.94 Å². The quantitative estimate of drug-likeness (QED) is 0.579. The summed E-state index contributed by atoms with van der Waals surface area (Å²) in [4.78, 5) is 22.3. The van der Waals surface area contributed by atoms with Crippen molar-refractivity contribution in [2.75, 3.05) is 0 Å². The number of hydrogen-bond acceptors (Lipinski definition) is 5. The van der Waals surface area contributed by atoms with Gasteiger partial charge in [-0.1, -0.05) is 22.9 Å². The Morgan fingerprint density at radius 3 is 2.58 bits per heavy atom. The number of furan rings is 1. The van der Waals surface area contributed by atoms with Crippen molar-refractivity contribution >= 4 is 50.2 Å². The summed E-state index contributed by atoms with van der Waals surface area (Å²) in [5.74, 6) is -0.488. The minimum absolute atomic E-state index is 0.191. The average molecular weight is 361 g/mol. The van der Waals surface area contributed by atoms with Crippen molar-refractivity contribution in [3.05, 3.63) is 56.7 Å².